The SMILES string of the molecule is FC(F)(F)c1nc[nH]c1C(F)(F)F. The maximum atomic E-state index is 11.8. The minimum absolute atomic E-state index is 0.353. The van der Waals surface area contributed by atoms with Crippen molar-refractivity contribution in [3.63, 3.8) is 0 Å². The van der Waals surface area contributed by atoms with Crippen LogP contribution in [0.1, 0.15) is 11.4 Å². The third-order valence-corrected chi connectivity index (χ3v) is 1.19. The summed E-state index contributed by atoms with van der Waals surface area (Å²) in [7, 11) is 0. The van der Waals surface area contributed by atoms with Gasteiger partial charge in [0.15, 0.2) is 11.4 Å². The van der Waals surface area contributed by atoms with Crippen molar-refractivity contribution in [2.75, 3.05) is 0 Å². The predicted octanol–water partition coefficient (Wildman–Crippen LogP) is 2.45. The first kappa shape index (κ1) is 9.87. The number of imidazole rings is 1. The van der Waals surface area contributed by atoms with Crippen LogP contribution in [0.15, 0.2) is 6.33 Å². The molecule has 1 N–H and O–H groups in total. The van der Waals surface area contributed by atoms with E-state index >= 15 is 0 Å². The molecule has 74 valence electrons. The van der Waals surface area contributed by atoms with Crippen LogP contribution >= 0.6 is 0 Å². The van der Waals surface area contributed by atoms with Crippen molar-refractivity contribution in [3.8, 4) is 0 Å². The predicted molar refractivity (Wildman–Crippen MR) is 28.6 cm³/mol. The number of aromatic amines is 1. The third-order valence-electron chi connectivity index (χ3n) is 1.19. The highest BCUT2D eigenvalue weighted by molar-refractivity contribution is 5.17. The zero-order valence-electron chi connectivity index (χ0n) is 5.79. The van der Waals surface area contributed by atoms with E-state index in [1.54, 1.807) is 0 Å². The van der Waals surface area contributed by atoms with Crippen molar-refractivity contribution in [1.82, 2.24) is 9.97 Å². The number of hydrogen-bond donors (Lipinski definition) is 1. The molecule has 0 unspecified atom stereocenters. The topological polar surface area (TPSA) is 28.7 Å². The molecule has 0 fully saturated rings. The summed E-state index contributed by atoms with van der Waals surface area (Å²) in [6.45, 7) is 0. The Morgan fingerprint density at radius 1 is 1.00 bits per heavy atom. The maximum absolute atomic E-state index is 11.8. The standard InChI is InChI=1S/C5H2F6N2/c6-4(7,8)2-3(5(9,10)11)13-1-12-2/h1H,(H,12,13). The summed E-state index contributed by atoms with van der Waals surface area (Å²) >= 11 is 0. The first-order valence-corrected chi connectivity index (χ1v) is 2.90. The normalized spacial score (nSPS) is 13.4. The van der Waals surface area contributed by atoms with Gasteiger partial charge in [-0.15, -0.1) is 0 Å². The summed E-state index contributed by atoms with van der Waals surface area (Å²) in [6, 6.07) is 0. The van der Waals surface area contributed by atoms with Gasteiger partial charge in [-0.2, -0.15) is 26.3 Å². The van der Waals surface area contributed by atoms with Gasteiger partial charge in [0.2, 0.25) is 0 Å². The molecule has 0 aliphatic carbocycles. The van der Waals surface area contributed by atoms with Crippen LogP contribution in [-0.2, 0) is 12.4 Å². The van der Waals surface area contributed by atoms with Gasteiger partial charge in [0.05, 0.1) is 6.33 Å². The highest BCUT2D eigenvalue weighted by atomic mass is 19.4. The molecule has 0 amide bonds. The zero-order chi connectivity index (χ0) is 10.3. The Morgan fingerprint density at radius 2 is 1.54 bits per heavy atom. The molecule has 1 heterocycles. The molecule has 0 saturated heterocycles. The summed E-state index contributed by atoms with van der Waals surface area (Å²) < 4.78 is 71.0. The molecule has 0 radical (unpaired) electrons. The van der Waals surface area contributed by atoms with Crippen molar-refractivity contribution in [2.45, 2.75) is 12.4 Å². The average molecular weight is 204 g/mol. The molecule has 1 aromatic heterocycles. The fraction of sp³-hybridized carbons (Fsp3) is 0.400. The Bertz CT molecular complexity index is 266. The van der Waals surface area contributed by atoms with E-state index < -0.39 is 23.7 Å². The fourth-order valence-electron chi connectivity index (χ4n) is 0.725. The molecule has 0 aliphatic rings. The Balaban J connectivity index is 3.19. The van der Waals surface area contributed by atoms with E-state index in [-0.39, 0.29) is 0 Å². The smallest absolute Gasteiger partial charge is 0.341 e. The zero-order valence-corrected chi connectivity index (χ0v) is 5.79. The van der Waals surface area contributed by atoms with E-state index in [0.29, 0.717) is 6.33 Å². The molecule has 0 aromatic carbocycles. The monoisotopic (exact) mass is 204 g/mol. The molecule has 1 rings (SSSR count). The van der Waals surface area contributed by atoms with Crippen LogP contribution in [0, 0.1) is 0 Å². The van der Waals surface area contributed by atoms with Gasteiger partial charge in [-0.05, 0) is 0 Å². The second-order valence-corrected chi connectivity index (χ2v) is 2.12. The molecule has 0 bridgehead atoms. The molecule has 0 aliphatic heterocycles. The summed E-state index contributed by atoms with van der Waals surface area (Å²) in [4.78, 5) is 3.95. The number of alkyl halides is 6. The second-order valence-electron chi connectivity index (χ2n) is 2.12. The second kappa shape index (κ2) is 2.64. The lowest BCUT2D eigenvalue weighted by atomic mass is 10.3. The van der Waals surface area contributed by atoms with Gasteiger partial charge in [0.25, 0.3) is 0 Å². The van der Waals surface area contributed by atoms with E-state index in [2.05, 4.69) is 4.98 Å². The fourth-order valence-corrected chi connectivity index (χ4v) is 0.725. The van der Waals surface area contributed by atoms with Crippen LogP contribution in [-0.4, -0.2) is 9.97 Å². The highest BCUT2D eigenvalue weighted by Gasteiger charge is 2.45. The van der Waals surface area contributed by atoms with Crippen molar-refractivity contribution >= 4 is 0 Å². The Labute approximate surface area is 67.6 Å². The van der Waals surface area contributed by atoms with Gasteiger partial charge in [-0.3, -0.25) is 0 Å². The number of halogens is 6. The summed E-state index contributed by atoms with van der Waals surface area (Å²) in [6.07, 6.45) is -9.81. The van der Waals surface area contributed by atoms with Crippen molar-refractivity contribution in [2.24, 2.45) is 0 Å². The van der Waals surface area contributed by atoms with Gasteiger partial charge in [0, 0.05) is 0 Å². The molecule has 1 aromatic rings. The van der Waals surface area contributed by atoms with Crippen LogP contribution in [0.4, 0.5) is 26.3 Å². The van der Waals surface area contributed by atoms with Crippen LogP contribution < -0.4 is 0 Å². The van der Waals surface area contributed by atoms with E-state index in [0.717, 1.165) is 0 Å². The Hall–Kier alpha value is -1.21. The number of rotatable bonds is 0. The van der Waals surface area contributed by atoms with Crippen LogP contribution in [0.5, 0.6) is 0 Å². The number of aromatic nitrogens is 2. The first-order valence-electron chi connectivity index (χ1n) is 2.90. The molecular weight excluding hydrogens is 202 g/mol. The van der Waals surface area contributed by atoms with E-state index in [9.17, 15) is 26.3 Å². The summed E-state index contributed by atoms with van der Waals surface area (Å²) in [5.74, 6) is 0. The molecule has 0 atom stereocenters. The minimum atomic E-state index is -5.09. The Kier molecular flexibility index (Phi) is 2.01. The van der Waals surface area contributed by atoms with E-state index in [1.165, 1.54) is 4.98 Å². The van der Waals surface area contributed by atoms with Crippen LogP contribution in [0.25, 0.3) is 0 Å². The maximum Gasteiger partial charge on any atom is 0.435 e. The van der Waals surface area contributed by atoms with Crippen LogP contribution in [0.2, 0.25) is 0 Å². The first-order chi connectivity index (χ1) is 5.73. The lowest BCUT2D eigenvalue weighted by Crippen LogP contribution is -2.16. The van der Waals surface area contributed by atoms with Gasteiger partial charge in [0.1, 0.15) is 0 Å². The average Bonchev–Trinajstić information content (AvgIpc) is 2.27. The largest absolute Gasteiger partial charge is 0.435 e. The van der Waals surface area contributed by atoms with Gasteiger partial charge < -0.3 is 4.98 Å². The van der Waals surface area contributed by atoms with Crippen molar-refractivity contribution < 1.29 is 26.3 Å². The molecule has 13 heavy (non-hydrogen) atoms. The quantitative estimate of drug-likeness (QED) is 0.646. The molecule has 0 saturated carbocycles. The molecule has 8 heteroatoms. The lowest BCUT2D eigenvalue weighted by Gasteiger charge is -2.08. The number of nitrogens with one attached hydrogen (secondary N) is 1. The van der Waals surface area contributed by atoms with Crippen molar-refractivity contribution in [1.29, 1.82) is 0 Å². The molecule has 0 spiro atoms. The van der Waals surface area contributed by atoms with E-state index in [4.69, 9.17) is 0 Å². The minimum Gasteiger partial charge on any atom is -0.341 e. The van der Waals surface area contributed by atoms with Gasteiger partial charge in [-0.25, -0.2) is 4.98 Å². The molecular formula is C5H2F6N2. The number of nitrogens with zero attached hydrogens (tertiary/aromatic N) is 1. The van der Waals surface area contributed by atoms with Gasteiger partial charge >= 0.3 is 12.4 Å². The number of H-pyrrole nitrogens is 1. The van der Waals surface area contributed by atoms with Crippen molar-refractivity contribution in [3.05, 3.63) is 17.7 Å². The number of hydrogen-bond acceptors (Lipinski definition) is 1. The lowest BCUT2D eigenvalue weighted by molar-refractivity contribution is -0.165. The van der Waals surface area contributed by atoms with E-state index in [1.807, 2.05) is 0 Å². The van der Waals surface area contributed by atoms with Gasteiger partial charge in [-0.1, -0.05) is 0 Å². The van der Waals surface area contributed by atoms with Crippen LogP contribution in [0.3, 0.4) is 0 Å². The third kappa shape index (κ3) is 1.93. The summed E-state index contributed by atoms with van der Waals surface area (Å²) in [5, 5.41) is 0. The molecule has 2 nitrogen and oxygen atoms in total. The highest BCUT2D eigenvalue weighted by Crippen LogP contribution is 2.37. The summed E-state index contributed by atoms with van der Waals surface area (Å²) in [5.41, 5.74) is -3.82. The Morgan fingerprint density at radius 3 is 1.85 bits per heavy atom.